The minimum absolute atomic E-state index is 0.117. The van der Waals surface area contributed by atoms with Crippen LogP contribution in [-0.2, 0) is 21.4 Å². The van der Waals surface area contributed by atoms with Crippen molar-refractivity contribution in [3.8, 4) is 0 Å². The number of carbonyl (C=O) groups is 1. The van der Waals surface area contributed by atoms with Gasteiger partial charge in [-0.15, -0.1) is 0 Å². The minimum Gasteiger partial charge on any atom is -0.351 e. The molecule has 2 aromatic rings. The average Bonchev–Trinajstić information content (AvgIpc) is 2.68. The highest BCUT2D eigenvalue weighted by atomic mass is 35.5. The Morgan fingerprint density at radius 2 is 1.61 bits per heavy atom. The van der Waals surface area contributed by atoms with Crippen LogP contribution in [-0.4, -0.2) is 56.3 Å². The number of amides is 1. The second-order valence-corrected chi connectivity index (χ2v) is 9.28. The van der Waals surface area contributed by atoms with Crippen LogP contribution in [0.5, 0.6) is 0 Å². The molecule has 1 aliphatic heterocycles. The first-order valence-corrected chi connectivity index (χ1v) is 11.0. The minimum atomic E-state index is -3.55. The third kappa shape index (κ3) is 5.24. The maximum absolute atomic E-state index is 12.7. The van der Waals surface area contributed by atoms with Gasteiger partial charge in [0.25, 0.3) is 0 Å². The van der Waals surface area contributed by atoms with E-state index in [0.717, 1.165) is 5.56 Å². The summed E-state index contributed by atoms with van der Waals surface area (Å²) < 4.78 is 26.8. The van der Waals surface area contributed by atoms with Gasteiger partial charge in [0, 0.05) is 42.8 Å². The summed E-state index contributed by atoms with van der Waals surface area (Å²) in [6, 6.07) is 13.5. The lowest BCUT2D eigenvalue weighted by molar-refractivity contribution is -0.122. The average molecular weight is 442 g/mol. The van der Waals surface area contributed by atoms with Crippen molar-refractivity contribution in [3.05, 3.63) is 64.1 Å². The molecule has 0 spiro atoms. The van der Waals surface area contributed by atoms with E-state index >= 15 is 0 Å². The number of nitrogens with one attached hydrogen (secondary N) is 1. The van der Waals surface area contributed by atoms with E-state index in [9.17, 15) is 13.2 Å². The van der Waals surface area contributed by atoms with Crippen LogP contribution in [0.4, 0.5) is 0 Å². The maximum Gasteiger partial charge on any atom is 0.243 e. The van der Waals surface area contributed by atoms with E-state index in [4.69, 9.17) is 23.2 Å². The molecule has 0 unspecified atom stereocenters. The lowest BCUT2D eigenvalue weighted by atomic mass is 10.2. The zero-order valence-corrected chi connectivity index (χ0v) is 17.5. The van der Waals surface area contributed by atoms with Crippen molar-refractivity contribution in [1.29, 1.82) is 0 Å². The predicted octanol–water partition coefficient (Wildman–Crippen LogP) is 2.62. The van der Waals surface area contributed by atoms with E-state index in [-0.39, 0.29) is 17.3 Å². The van der Waals surface area contributed by atoms with Gasteiger partial charge in [-0.25, -0.2) is 8.42 Å². The number of nitrogens with zero attached hydrogens (tertiary/aromatic N) is 2. The largest absolute Gasteiger partial charge is 0.351 e. The van der Waals surface area contributed by atoms with E-state index in [1.54, 1.807) is 18.2 Å². The highest BCUT2D eigenvalue weighted by molar-refractivity contribution is 7.89. The van der Waals surface area contributed by atoms with Crippen molar-refractivity contribution in [2.45, 2.75) is 11.4 Å². The summed E-state index contributed by atoms with van der Waals surface area (Å²) in [6.07, 6.45) is 0. The molecule has 1 aliphatic rings. The summed E-state index contributed by atoms with van der Waals surface area (Å²) in [5.41, 5.74) is 0.858. The van der Waals surface area contributed by atoms with E-state index in [1.807, 2.05) is 23.1 Å². The number of sulfonamides is 1. The fourth-order valence-corrected chi connectivity index (χ4v) is 4.73. The standard InChI is InChI=1S/C19H21Cl2N3O3S/c20-16-5-7-17(8-6-16)28(26,27)24-11-9-23(10-12-24)14-19(25)22-13-15-3-1-2-4-18(15)21/h1-8H,9-14H2,(H,22,25). The number of piperazine rings is 1. The zero-order valence-electron chi connectivity index (χ0n) is 15.1. The first-order valence-electron chi connectivity index (χ1n) is 8.84. The van der Waals surface area contributed by atoms with Crippen molar-refractivity contribution in [2.75, 3.05) is 32.7 Å². The summed E-state index contributed by atoms with van der Waals surface area (Å²) in [5.74, 6) is -0.117. The maximum atomic E-state index is 12.7. The molecule has 0 radical (unpaired) electrons. The molecule has 0 saturated carbocycles. The van der Waals surface area contributed by atoms with Crippen molar-refractivity contribution < 1.29 is 13.2 Å². The topological polar surface area (TPSA) is 69.7 Å². The van der Waals surface area contributed by atoms with E-state index in [2.05, 4.69) is 5.32 Å². The first kappa shape index (κ1) is 21.1. The van der Waals surface area contributed by atoms with Gasteiger partial charge in [-0.05, 0) is 35.9 Å². The van der Waals surface area contributed by atoms with E-state index in [0.29, 0.717) is 42.8 Å². The van der Waals surface area contributed by atoms with Crippen molar-refractivity contribution in [1.82, 2.24) is 14.5 Å². The summed E-state index contributed by atoms with van der Waals surface area (Å²) >= 11 is 11.9. The number of carbonyl (C=O) groups excluding carboxylic acids is 1. The molecule has 9 heteroatoms. The molecule has 28 heavy (non-hydrogen) atoms. The van der Waals surface area contributed by atoms with Gasteiger partial charge in [-0.3, -0.25) is 9.69 Å². The summed E-state index contributed by atoms with van der Waals surface area (Å²) in [7, 11) is -3.55. The summed E-state index contributed by atoms with van der Waals surface area (Å²) in [5, 5.41) is 3.96. The molecule has 0 aromatic heterocycles. The fraction of sp³-hybridized carbons (Fsp3) is 0.316. The lowest BCUT2D eigenvalue weighted by Gasteiger charge is -2.33. The van der Waals surface area contributed by atoms with Gasteiger partial charge in [0.2, 0.25) is 15.9 Å². The zero-order chi connectivity index (χ0) is 20.1. The van der Waals surface area contributed by atoms with E-state index in [1.165, 1.54) is 16.4 Å². The molecule has 1 N–H and O–H groups in total. The Labute approximate surface area is 175 Å². The molecule has 3 rings (SSSR count). The van der Waals surface area contributed by atoms with Crippen LogP contribution in [0.25, 0.3) is 0 Å². The summed E-state index contributed by atoms with van der Waals surface area (Å²) in [4.78, 5) is 14.4. The van der Waals surface area contributed by atoms with Crippen LogP contribution in [0.1, 0.15) is 5.56 Å². The number of hydrogen-bond acceptors (Lipinski definition) is 4. The van der Waals surface area contributed by atoms with Gasteiger partial charge >= 0.3 is 0 Å². The van der Waals surface area contributed by atoms with Gasteiger partial charge in [-0.1, -0.05) is 41.4 Å². The smallest absolute Gasteiger partial charge is 0.243 e. The molecule has 0 aliphatic carbocycles. The van der Waals surface area contributed by atoms with Crippen molar-refractivity contribution in [2.24, 2.45) is 0 Å². The molecule has 1 amide bonds. The first-order chi connectivity index (χ1) is 13.4. The Morgan fingerprint density at radius 3 is 2.25 bits per heavy atom. The highest BCUT2D eigenvalue weighted by Crippen LogP contribution is 2.20. The van der Waals surface area contributed by atoms with Crippen LogP contribution in [0.3, 0.4) is 0 Å². The molecule has 0 bridgehead atoms. The van der Waals surface area contributed by atoms with Gasteiger partial charge in [0.1, 0.15) is 0 Å². The van der Waals surface area contributed by atoms with Crippen LogP contribution >= 0.6 is 23.2 Å². The molecular formula is C19H21Cl2N3O3S. The molecule has 1 fully saturated rings. The van der Waals surface area contributed by atoms with Gasteiger partial charge in [0.05, 0.1) is 11.4 Å². The Balaban J connectivity index is 1.49. The van der Waals surface area contributed by atoms with Gasteiger partial charge in [0.15, 0.2) is 0 Å². The predicted molar refractivity (Wildman–Crippen MR) is 110 cm³/mol. The molecule has 2 aromatic carbocycles. The normalized spacial score (nSPS) is 16.1. The Hall–Kier alpha value is -1.64. The Kier molecular flexibility index (Phi) is 6.95. The fourth-order valence-electron chi connectivity index (χ4n) is 2.98. The van der Waals surface area contributed by atoms with Crippen LogP contribution in [0.2, 0.25) is 10.0 Å². The van der Waals surface area contributed by atoms with Crippen LogP contribution in [0, 0.1) is 0 Å². The molecule has 6 nitrogen and oxygen atoms in total. The third-order valence-corrected chi connectivity index (χ3v) is 7.12. The Bertz CT molecular complexity index is 928. The van der Waals surface area contributed by atoms with E-state index < -0.39 is 10.0 Å². The Morgan fingerprint density at radius 1 is 0.964 bits per heavy atom. The molecule has 150 valence electrons. The monoisotopic (exact) mass is 441 g/mol. The van der Waals surface area contributed by atoms with Gasteiger partial charge in [-0.2, -0.15) is 4.31 Å². The number of rotatable bonds is 6. The van der Waals surface area contributed by atoms with Crippen LogP contribution in [0.15, 0.2) is 53.4 Å². The quantitative estimate of drug-likeness (QED) is 0.747. The van der Waals surface area contributed by atoms with Crippen molar-refractivity contribution >= 4 is 39.1 Å². The lowest BCUT2D eigenvalue weighted by Crippen LogP contribution is -2.50. The number of halogens is 2. The second kappa shape index (κ2) is 9.24. The number of benzene rings is 2. The molecule has 0 atom stereocenters. The SMILES string of the molecule is O=C(CN1CCN(S(=O)(=O)c2ccc(Cl)cc2)CC1)NCc1ccccc1Cl. The van der Waals surface area contributed by atoms with Gasteiger partial charge < -0.3 is 5.32 Å². The molecule has 1 saturated heterocycles. The molecular weight excluding hydrogens is 421 g/mol. The highest BCUT2D eigenvalue weighted by Gasteiger charge is 2.29. The second-order valence-electron chi connectivity index (χ2n) is 6.50. The van der Waals surface area contributed by atoms with Crippen LogP contribution < -0.4 is 5.32 Å². The molecule has 1 heterocycles. The van der Waals surface area contributed by atoms with Crippen molar-refractivity contribution in [3.63, 3.8) is 0 Å². The summed E-state index contributed by atoms with van der Waals surface area (Å²) in [6.45, 7) is 2.24. The third-order valence-electron chi connectivity index (χ3n) is 4.58. The number of hydrogen-bond donors (Lipinski definition) is 1.